The third kappa shape index (κ3) is 4.31. The van der Waals surface area contributed by atoms with E-state index in [1.807, 2.05) is 13.0 Å². The van der Waals surface area contributed by atoms with Crippen LogP contribution in [0, 0.1) is 5.82 Å². The van der Waals surface area contributed by atoms with Crippen LogP contribution in [0.5, 0.6) is 0 Å². The second-order valence-corrected chi connectivity index (χ2v) is 5.04. The quantitative estimate of drug-likeness (QED) is 0.888. The second kappa shape index (κ2) is 6.66. The molecular weight excluding hydrogens is 245 g/mol. The van der Waals surface area contributed by atoms with Crippen molar-refractivity contribution in [1.29, 1.82) is 0 Å². The zero-order valence-electron chi connectivity index (χ0n) is 11.2. The molecule has 1 saturated heterocycles. The van der Waals surface area contributed by atoms with E-state index in [9.17, 15) is 9.18 Å². The third-order valence-electron chi connectivity index (χ3n) is 3.44. The van der Waals surface area contributed by atoms with E-state index >= 15 is 0 Å². The van der Waals surface area contributed by atoms with E-state index in [4.69, 9.17) is 4.74 Å². The Hall–Kier alpha value is -1.42. The fraction of sp³-hybridized carbons (Fsp3) is 0.533. The number of carbonyl (C=O) groups excluding carboxylic acids is 1. The Labute approximate surface area is 113 Å². The predicted octanol–water partition coefficient (Wildman–Crippen LogP) is 2.44. The van der Waals surface area contributed by atoms with Crippen molar-refractivity contribution in [2.45, 2.75) is 44.8 Å². The summed E-state index contributed by atoms with van der Waals surface area (Å²) in [6.45, 7) is 2.75. The topological polar surface area (TPSA) is 38.3 Å². The van der Waals surface area contributed by atoms with Crippen LogP contribution in [0.1, 0.15) is 31.7 Å². The van der Waals surface area contributed by atoms with E-state index in [-0.39, 0.29) is 23.9 Å². The molecule has 0 unspecified atom stereocenters. The largest absolute Gasteiger partial charge is 0.376 e. The van der Waals surface area contributed by atoms with Gasteiger partial charge in [-0.2, -0.15) is 0 Å². The summed E-state index contributed by atoms with van der Waals surface area (Å²) in [6.07, 6.45) is 3.14. The maximum Gasteiger partial charge on any atom is 0.220 e. The van der Waals surface area contributed by atoms with E-state index in [0.717, 1.165) is 25.0 Å². The molecule has 0 spiro atoms. The number of halogens is 1. The monoisotopic (exact) mass is 265 g/mol. The molecule has 1 aromatic carbocycles. The predicted molar refractivity (Wildman–Crippen MR) is 71.3 cm³/mol. The van der Waals surface area contributed by atoms with Gasteiger partial charge in [0.25, 0.3) is 0 Å². The first-order chi connectivity index (χ1) is 9.15. The van der Waals surface area contributed by atoms with Gasteiger partial charge < -0.3 is 10.1 Å². The Kier molecular flexibility index (Phi) is 4.91. The fourth-order valence-corrected chi connectivity index (χ4v) is 2.37. The smallest absolute Gasteiger partial charge is 0.220 e. The van der Waals surface area contributed by atoms with Crippen LogP contribution >= 0.6 is 0 Å². The highest BCUT2D eigenvalue weighted by atomic mass is 19.1. The van der Waals surface area contributed by atoms with Crippen molar-refractivity contribution in [3.05, 3.63) is 35.6 Å². The Morgan fingerprint density at radius 2 is 2.42 bits per heavy atom. The Morgan fingerprint density at radius 1 is 1.58 bits per heavy atom. The summed E-state index contributed by atoms with van der Waals surface area (Å²) in [6, 6.07) is 6.42. The Morgan fingerprint density at radius 3 is 3.11 bits per heavy atom. The fourth-order valence-electron chi connectivity index (χ4n) is 2.37. The average molecular weight is 265 g/mol. The molecular formula is C15H20FNO2. The van der Waals surface area contributed by atoms with Crippen molar-refractivity contribution in [3.63, 3.8) is 0 Å². The first-order valence-corrected chi connectivity index (χ1v) is 6.80. The summed E-state index contributed by atoms with van der Waals surface area (Å²) in [4.78, 5) is 11.8. The van der Waals surface area contributed by atoms with Crippen LogP contribution in [-0.4, -0.2) is 24.7 Å². The molecule has 4 heteroatoms. The minimum atomic E-state index is -0.259. The summed E-state index contributed by atoms with van der Waals surface area (Å²) in [5.41, 5.74) is 0.847. The minimum Gasteiger partial charge on any atom is -0.376 e. The van der Waals surface area contributed by atoms with Crippen LogP contribution in [0.25, 0.3) is 0 Å². The van der Waals surface area contributed by atoms with Crippen molar-refractivity contribution in [2.24, 2.45) is 0 Å². The molecule has 1 fully saturated rings. The lowest BCUT2D eigenvalue weighted by molar-refractivity contribution is -0.122. The standard InChI is InChI=1S/C15H20FNO2/c1-11(14-6-3-9-19-14)17-15(18)8-7-12-4-2-5-13(16)10-12/h2,4-5,10-11,14H,3,6-9H2,1H3,(H,17,18)/t11-,14-/m0/s1. The highest BCUT2D eigenvalue weighted by Crippen LogP contribution is 2.15. The van der Waals surface area contributed by atoms with Gasteiger partial charge in [-0.3, -0.25) is 4.79 Å². The summed E-state index contributed by atoms with van der Waals surface area (Å²) in [5.74, 6) is -0.266. The number of amides is 1. The molecule has 1 N–H and O–H groups in total. The van der Waals surface area contributed by atoms with Crippen LogP contribution in [0.3, 0.4) is 0 Å². The van der Waals surface area contributed by atoms with Gasteiger partial charge in [0.1, 0.15) is 5.82 Å². The molecule has 2 atom stereocenters. The highest BCUT2D eigenvalue weighted by molar-refractivity contribution is 5.76. The van der Waals surface area contributed by atoms with Gasteiger partial charge >= 0.3 is 0 Å². The number of carbonyl (C=O) groups is 1. The van der Waals surface area contributed by atoms with Crippen LogP contribution in [0.4, 0.5) is 4.39 Å². The van der Waals surface area contributed by atoms with Gasteiger partial charge in [-0.25, -0.2) is 4.39 Å². The van der Waals surface area contributed by atoms with Crippen LogP contribution in [0.2, 0.25) is 0 Å². The number of ether oxygens (including phenoxy) is 1. The van der Waals surface area contributed by atoms with Gasteiger partial charge in [0.05, 0.1) is 12.1 Å². The zero-order chi connectivity index (χ0) is 13.7. The normalized spacial score (nSPS) is 20.2. The Bertz CT molecular complexity index is 430. The van der Waals surface area contributed by atoms with E-state index in [1.165, 1.54) is 12.1 Å². The zero-order valence-corrected chi connectivity index (χ0v) is 11.2. The van der Waals surface area contributed by atoms with Crippen molar-refractivity contribution in [3.8, 4) is 0 Å². The lowest BCUT2D eigenvalue weighted by Gasteiger charge is -2.19. The number of hydrogen-bond acceptors (Lipinski definition) is 2. The Balaban J connectivity index is 1.75. The second-order valence-electron chi connectivity index (χ2n) is 5.04. The number of aryl methyl sites for hydroxylation is 1. The lowest BCUT2D eigenvalue weighted by Crippen LogP contribution is -2.40. The summed E-state index contributed by atoms with van der Waals surface area (Å²) >= 11 is 0. The summed E-state index contributed by atoms with van der Waals surface area (Å²) in [5, 5.41) is 2.95. The van der Waals surface area contributed by atoms with Gasteiger partial charge in [0, 0.05) is 13.0 Å². The SMILES string of the molecule is C[C@H](NC(=O)CCc1cccc(F)c1)[C@@H]1CCCO1. The van der Waals surface area contributed by atoms with Gasteiger partial charge in [0.2, 0.25) is 5.91 Å². The maximum atomic E-state index is 13.0. The molecule has 19 heavy (non-hydrogen) atoms. The molecule has 104 valence electrons. The molecule has 0 aromatic heterocycles. The first-order valence-electron chi connectivity index (χ1n) is 6.80. The van der Waals surface area contributed by atoms with Gasteiger partial charge in [-0.15, -0.1) is 0 Å². The van der Waals surface area contributed by atoms with Crippen molar-refractivity contribution in [2.75, 3.05) is 6.61 Å². The number of rotatable bonds is 5. The molecule has 1 amide bonds. The van der Waals surface area contributed by atoms with Gasteiger partial charge in [0.15, 0.2) is 0 Å². The summed E-state index contributed by atoms with van der Waals surface area (Å²) < 4.78 is 18.5. The molecule has 2 rings (SSSR count). The highest BCUT2D eigenvalue weighted by Gasteiger charge is 2.23. The van der Waals surface area contributed by atoms with Crippen LogP contribution in [-0.2, 0) is 16.0 Å². The van der Waals surface area contributed by atoms with Crippen LogP contribution < -0.4 is 5.32 Å². The molecule has 0 aliphatic carbocycles. The van der Waals surface area contributed by atoms with Gasteiger partial charge in [-0.1, -0.05) is 12.1 Å². The molecule has 0 radical (unpaired) electrons. The lowest BCUT2D eigenvalue weighted by atomic mass is 10.1. The van der Waals surface area contributed by atoms with Crippen molar-refractivity contribution in [1.82, 2.24) is 5.32 Å². The van der Waals surface area contributed by atoms with Crippen molar-refractivity contribution < 1.29 is 13.9 Å². The van der Waals surface area contributed by atoms with Crippen LogP contribution in [0.15, 0.2) is 24.3 Å². The average Bonchev–Trinajstić information content (AvgIpc) is 2.90. The van der Waals surface area contributed by atoms with Gasteiger partial charge in [-0.05, 0) is 43.9 Å². The van der Waals surface area contributed by atoms with Crippen molar-refractivity contribution >= 4 is 5.91 Å². The van der Waals surface area contributed by atoms with E-state index in [0.29, 0.717) is 12.8 Å². The summed E-state index contributed by atoms with van der Waals surface area (Å²) in [7, 11) is 0. The van der Waals surface area contributed by atoms with E-state index < -0.39 is 0 Å². The molecule has 1 heterocycles. The molecule has 0 bridgehead atoms. The minimum absolute atomic E-state index is 0.00717. The molecule has 0 saturated carbocycles. The molecule has 3 nitrogen and oxygen atoms in total. The molecule has 1 aliphatic heterocycles. The van der Waals surface area contributed by atoms with E-state index in [1.54, 1.807) is 6.07 Å². The van der Waals surface area contributed by atoms with E-state index in [2.05, 4.69) is 5.32 Å². The number of benzene rings is 1. The molecule has 1 aromatic rings. The first kappa shape index (κ1) is 14.0. The third-order valence-corrected chi connectivity index (χ3v) is 3.44. The number of nitrogens with one attached hydrogen (secondary N) is 1. The molecule has 1 aliphatic rings. The number of hydrogen-bond donors (Lipinski definition) is 1. The maximum absolute atomic E-state index is 13.0.